The van der Waals surface area contributed by atoms with E-state index in [-0.39, 0.29) is 11.6 Å². The number of nitrogens with zero attached hydrogens (tertiary/aromatic N) is 2. The Morgan fingerprint density at radius 1 is 1.53 bits per heavy atom. The van der Waals surface area contributed by atoms with Gasteiger partial charge in [0, 0.05) is 11.9 Å². The maximum Gasteiger partial charge on any atom is 0.355 e. The second-order valence-electron chi connectivity index (χ2n) is 3.65. The van der Waals surface area contributed by atoms with E-state index in [1.54, 1.807) is 6.07 Å². The molecule has 15 heavy (non-hydrogen) atoms. The van der Waals surface area contributed by atoms with Gasteiger partial charge < -0.3 is 5.11 Å². The van der Waals surface area contributed by atoms with E-state index in [0.29, 0.717) is 10.9 Å². The fourth-order valence-corrected chi connectivity index (χ4v) is 1.57. The fraction of sp³-hybridized carbons (Fsp3) is 0.300. The van der Waals surface area contributed by atoms with Crippen molar-refractivity contribution in [3.8, 4) is 0 Å². The minimum Gasteiger partial charge on any atom is -0.476 e. The zero-order valence-electron chi connectivity index (χ0n) is 8.48. The Balaban J connectivity index is 2.80. The van der Waals surface area contributed by atoms with Crippen molar-refractivity contribution in [3.63, 3.8) is 0 Å². The first-order valence-electron chi connectivity index (χ1n) is 4.67. The summed E-state index contributed by atoms with van der Waals surface area (Å²) in [4.78, 5) is 14.8. The lowest BCUT2D eigenvalue weighted by Crippen LogP contribution is -2.02. The summed E-state index contributed by atoms with van der Waals surface area (Å²) < 4.78 is 0. The van der Waals surface area contributed by atoms with Crippen LogP contribution in [-0.2, 0) is 0 Å². The Morgan fingerprint density at radius 2 is 2.27 bits per heavy atom. The number of aromatic amines is 1. The number of pyridine rings is 1. The van der Waals surface area contributed by atoms with Gasteiger partial charge in [-0.05, 0) is 12.0 Å². The first kappa shape index (κ1) is 9.64. The third-order valence-electron chi connectivity index (χ3n) is 2.28. The number of hydrogen-bond donors (Lipinski definition) is 2. The molecule has 0 radical (unpaired) electrons. The molecule has 0 fully saturated rings. The van der Waals surface area contributed by atoms with Crippen molar-refractivity contribution in [3.05, 3.63) is 23.7 Å². The van der Waals surface area contributed by atoms with Crippen molar-refractivity contribution in [1.82, 2.24) is 15.2 Å². The molecule has 0 bridgehead atoms. The predicted octanol–water partition coefficient (Wildman–Crippen LogP) is 1.78. The lowest BCUT2D eigenvalue weighted by molar-refractivity contribution is 0.0693. The van der Waals surface area contributed by atoms with E-state index in [4.69, 9.17) is 5.11 Å². The van der Waals surface area contributed by atoms with Gasteiger partial charge in [-0.25, -0.2) is 9.78 Å². The van der Waals surface area contributed by atoms with Gasteiger partial charge >= 0.3 is 5.97 Å². The van der Waals surface area contributed by atoms with Gasteiger partial charge in [-0.15, -0.1) is 0 Å². The van der Waals surface area contributed by atoms with Crippen LogP contribution in [0.5, 0.6) is 0 Å². The number of aromatic carboxylic acids is 1. The Kier molecular flexibility index (Phi) is 2.15. The zero-order chi connectivity index (χ0) is 11.0. The summed E-state index contributed by atoms with van der Waals surface area (Å²) in [6.45, 7) is 3.96. The molecule has 78 valence electrons. The number of carboxylic acid groups (broad SMARTS) is 1. The number of hydrogen-bond acceptors (Lipinski definition) is 3. The molecule has 0 aliphatic heterocycles. The van der Waals surface area contributed by atoms with Crippen LogP contribution in [0.15, 0.2) is 12.3 Å². The second-order valence-corrected chi connectivity index (χ2v) is 3.65. The number of H-pyrrole nitrogens is 1. The molecule has 0 atom stereocenters. The normalized spacial score (nSPS) is 11.1. The Bertz CT molecular complexity index is 516. The van der Waals surface area contributed by atoms with E-state index in [1.165, 1.54) is 6.20 Å². The third-order valence-corrected chi connectivity index (χ3v) is 2.28. The molecule has 2 aromatic rings. The summed E-state index contributed by atoms with van der Waals surface area (Å²) in [7, 11) is 0. The summed E-state index contributed by atoms with van der Waals surface area (Å²) >= 11 is 0. The SMILES string of the molecule is CC(C)c1[nH]nc2ccnc(C(=O)O)c12. The summed E-state index contributed by atoms with van der Waals surface area (Å²) in [5.74, 6) is -0.832. The predicted molar refractivity (Wildman–Crippen MR) is 54.9 cm³/mol. The van der Waals surface area contributed by atoms with Crippen LogP contribution in [0.3, 0.4) is 0 Å². The van der Waals surface area contributed by atoms with Crippen LogP contribution in [-0.4, -0.2) is 26.3 Å². The first-order chi connectivity index (χ1) is 7.11. The molecule has 0 saturated carbocycles. The van der Waals surface area contributed by atoms with Gasteiger partial charge in [0.05, 0.1) is 10.9 Å². The minimum atomic E-state index is -1.02. The highest BCUT2D eigenvalue weighted by atomic mass is 16.4. The van der Waals surface area contributed by atoms with Crippen molar-refractivity contribution in [2.75, 3.05) is 0 Å². The highest BCUT2D eigenvalue weighted by molar-refractivity contribution is 6.01. The van der Waals surface area contributed by atoms with E-state index >= 15 is 0 Å². The largest absolute Gasteiger partial charge is 0.476 e. The number of fused-ring (bicyclic) bond motifs is 1. The molecule has 0 aliphatic rings. The van der Waals surface area contributed by atoms with Crippen molar-refractivity contribution >= 4 is 16.9 Å². The molecule has 2 N–H and O–H groups in total. The van der Waals surface area contributed by atoms with Crippen molar-refractivity contribution in [1.29, 1.82) is 0 Å². The molecule has 0 aliphatic carbocycles. The lowest BCUT2D eigenvalue weighted by Gasteiger charge is -2.02. The summed E-state index contributed by atoms with van der Waals surface area (Å²) in [6, 6.07) is 1.70. The highest BCUT2D eigenvalue weighted by Crippen LogP contribution is 2.24. The van der Waals surface area contributed by atoms with Crippen LogP contribution < -0.4 is 0 Å². The van der Waals surface area contributed by atoms with Crippen LogP contribution in [0, 0.1) is 0 Å². The number of carboxylic acids is 1. The Labute approximate surface area is 86.1 Å². The Hall–Kier alpha value is -1.91. The molecule has 5 nitrogen and oxygen atoms in total. The summed E-state index contributed by atoms with van der Waals surface area (Å²) in [5.41, 5.74) is 1.52. The monoisotopic (exact) mass is 205 g/mol. The average molecular weight is 205 g/mol. The van der Waals surface area contributed by atoms with Gasteiger partial charge in [0.2, 0.25) is 0 Å². The van der Waals surface area contributed by atoms with Gasteiger partial charge in [0.25, 0.3) is 0 Å². The molecule has 5 heteroatoms. The average Bonchev–Trinajstić information content (AvgIpc) is 2.60. The molecular formula is C10H11N3O2. The molecule has 2 aromatic heterocycles. The van der Waals surface area contributed by atoms with E-state index in [1.807, 2.05) is 13.8 Å². The van der Waals surface area contributed by atoms with Crippen molar-refractivity contribution < 1.29 is 9.90 Å². The van der Waals surface area contributed by atoms with Gasteiger partial charge in [0.1, 0.15) is 0 Å². The van der Waals surface area contributed by atoms with Crippen LogP contribution in [0.1, 0.15) is 35.9 Å². The van der Waals surface area contributed by atoms with Gasteiger partial charge in [-0.1, -0.05) is 13.8 Å². The van der Waals surface area contributed by atoms with E-state index < -0.39 is 5.97 Å². The third kappa shape index (κ3) is 1.45. The van der Waals surface area contributed by atoms with Gasteiger partial charge in [0.15, 0.2) is 5.69 Å². The topological polar surface area (TPSA) is 78.9 Å². The van der Waals surface area contributed by atoms with Crippen LogP contribution in [0.2, 0.25) is 0 Å². The molecule has 0 amide bonds. The summed E-state index contributed by atoms with van der Waals surface area (Å²) in [6.07, 6.45) is 1.46. The number of aromatic nitrogens is 3. The first-order valence-corrected chi connectivity index (χ1v) is 4.67. The van der Waals surface area contributed by atoms with Gasteiger partial charge in [-0.3, -0.25) is 5.10 Å². The fourth-order valence-electron chi connectivity index (χ4n) is 1.57. The maximum atomic E-state index is 11.0. The minimum absolute atomic E-state index is 0.0601. The number of nitrogens with one attached hydrogen (secondary N) is 1. The second kappa shape index (κ2) is 3.34. The molecule has 0 unspecified atom stereocenters. The molecule has 0 saturated heterocycles. The standard InChI is InChI=1S/C10H11N3O2/c1-5(2)8-7-6(12-13-8)3-4-11-9(7)10(14)15/h3-5H,1-2H3,(H,12,13)(H,14,15). The zero-order valence-corrected chi connectivity index (χ0v) is 8.48. The van der Waals surface area contributed by atoms with E-state index in [9.17, 15) is 4.79 Å². The smallest absolute Gasteiger partial charge is 0.355 e. The van der Waals surface area contributed by atoms with E-state index in [2.05, 4.69) is 15.2 Å². The number of rotatable bonds is 2. The quantitative estimate of drug-likeness (QED) is 0.783. The molecule has 2 heterocycles. The van der Waals surface area contributed by atoms with Crippen LogP contribution >= 0.6 is 0 Å². The van der Waals surface area contributed by atoms with Crippen molar-refractivity contribution in [2.24, 2.45) is 0 Å². The highest BCUT2D eigenvalue weighted by Gasteiger charge is 2.17. The Morgan fingerprint density at radius 3 is 2.87 bits per heavy atom. The van der Waals surface area contributed by atoms with Crippen LogP contribution in [0.25, 0.3) is 10.9 Å². The molecular weight excluding hydrogens is 194 g/mol. The number of carbonyl (C=O) groups is 1. The molecule has 0 spiro atoms. The maximum absolute atomic E-state index is 11.0. The van der Waals surface area contributed by atoms with Crippen molar-refractivity contribution in [2.45, 2.75) is 19.8 Å². The molecule has 2 rings (SSSR count). The summed E-state index contributed by atoms with van der Waals surface area (Å²) in [5, 5.41) is 16.5. The van der Waals surface area contributed by atoms with Crippen LogP contribution in [0.4, 0.5) is 0 Å². The lowest BCUT2D eigenvalue weighted by atomic mass is 10.1. The van der Waals surface area contributed by atoms with E-state index in [0.717, 1.165) is 5.69 Å². The molecule has 0 aromatic carbocycles. The van der Waals surface area contributed by atoms with Gasteiger partial charge in [-0.2, -0.15) is 5.10 Å².